The molecule has 0 spiro atoms. The molecule has 0 unspecified atom stereocenters. The van der Waals surface area contributed by atoms with Gasteiger partial charge in [0.15, 0.2) is 0 Å². The first-order valence-electron chi connectivity index (χ1n) is 3.04. The minimum absolute atomic E-state index is 0.104. The lowest BCUT2D eigenvalue weighted by atomic mass is 10.7. The topological polar surface area (TPSA) is 47.3 Å². The molecule has 1 aromatic heterocycles. The second kappa shape index (κ2) is 3.22. The largest absolute Gasteiger partial charge is 0.468 e. The van der Waals surface area contributed by atoms with Crippen molar-refractivity contribution in [2.45, 2.75) is 6.54 Å². The number of aliphatic hydroxyl groups is 1. The first-order chi connectivity index (χ1) is 4.88. The average Bonchev–Trinajstić information content (AvgIpc) is 2.36. The highest BCUT2D eigenvalue weighted by molar-refractivity contribution is 4.97. The number of methoxy groups -OCH3 is 1. The van der Waals surface area contributed by atoms with Gasteiger partial charge in [-0.15, -0.1) is 0 Å². The molecule has 4 nitrogen and oxygen atoms in total. The van der Waals surface area contributed by atoms with Gasteiger partial charge in [0.05, 0.1) is 20.3 Å². The predicted octanol–water partition coefficient (Wildman–Crippen LogP) is -0.116. The van der Waals surface area contributed by atoms with Crippen LogP contribution >= 0.6 is 0 Å². The number of aromatic nitrogens is 2. The van der Waals surface area contributed by atoms with Gasteiger partial charge in [0.2, 0.25) is 0 Å². The number of rotatable bonds is 3. The van der Waals surface area contributed by atoms with Crippen LogP contribution in [0.5, 0.6) is 6.01 Å². The number of hydrogen-bond acceptors (Lipinski definition) is 3. The zero-order valence-corrected chi connectivity index (χ0v) is 5.82. The maximum Gasteiger partial charge on any atom is 0.296 e. The second-order valence-corrected chi connectivity index (χ2v) is 1.83. The Labute approximate surface area is 59.1 Å². The van der Waals surface area contributed by atoms with E-state index >= 15 is 0 Å². The van der Waals surface area contributed by atoms with Crippen molar-refractivity contribution >= 4 is 0 Å². The Morgan fingerprint density at radius 3 is 3.20 bits per heavy atom. The molecule has 0 atom stereocenters. The van der Waals surface area contributed by atoms with Crippen LogP contribution in [0.15, 0.2) is 12.4 Å². The summed E-state index contributed by atoms with van der Waals surface area (Å²) in [7, 11) is 1.55. The normalized spacial score (nSPS) is 9.80. The van der Waals surface area contributed by atoms with Crippen molar-refractivity contribution in [1.29, 1.82) is 0 Å². The summed E-state index contributed by atoms with van der Waals surface area (Å²) in [6.07, 6.45) is 3.39. The lowest BCUT2D eigenvalue weighted by Gasteiger charge is -2.01. The van der Waals surface area contributed by atoms with Crippen molar-refractivity contribution in [3.05, 3.63) is 12.4 Å². The van der Waals surface area contributed by atoms with Crippen LogP contribution in [0.3, 0.4) is 0 Å². The van der Waals surface area contributed by atoms with E-state index in [0.717, 1.165) is 0 Å². The first-order valence-corrected chi connectivity index (χ1v) is 3.04. The molecule has 0 aliphatic rings. The van der Waals surface area contributed by atoms with Crippen LogP contribution in [0, 0.1) is 0 Å². The fourth-order valence-corrected chi connectivity index (χ4v) is 0.763. The summed E-state index contributed by atoms with van der Waals surface area (Å²) >= 11 is 0. The van der Waals surface area contributed by atoms with Crippen molar-refractivity contribution in [2.24, 2.45) is 0 Å². The van der Waals surface area contributed by atoms with Gasteiger partial charge in [-0.2, -0.15) is 0 Å². The van der Waals surface area contributed by atoms with E-state index < -0.39 is 0 Å². The van der Waals surface area contributed by atoms with Crippen LogP contribution < -0.4 is 4.74 Å². The SMILES string of the molecule is COc1nccn1CCO. The smallest absolute Gasteiger partial charge is 0.296 e. The molecule has 4 heteroatoms. The molecule has 0 fully saturated rings. The highest BCUT2D eigenvalue weighted by Gasteiger charge is 1.98. The van der Waals surface area contributed by atoms with Gasteiger partial charge < -0.3 is 9.84 Å². The van der Waals surface area contributed by atoms with E-state index in [1.54, 1.807) is 24.1 Å². The molecule has 1 rings (SSSR count). The Bertz CT molecular complexity index is 197. The van der Waals surface area contributed by atoms with Gasteiger partial charge in [0, 0.05) is 12.4 Å². The molecule has 10 heavy (non-hydrogen) atoms. The quantitative estimate of drug-likeness (QED) is 0.640. The molecule has 0 aliphatic carbocycles. The molecule has 0 saturated carbocycles. The van der Waals surface area contributed by atoms with Crippen LogP contribution in [-0.4, -0.2) is 28.4 Å². The van der Waals surface area contributed by atoms with Gasteiger partial charge in [-0.1, -0.05) is 0 Å². The average molecular weight is 142 g/mol. The van der Waals surface area contributed by atoms with E-state index in [1.165, 1.54) is 0 Å². The zero-order chi connectivity index (χ0) is 7.40. The van der Waals surface area contributed by atoms with Crippen molar-refractivity contribution in [3.8, 4) is 6.01 Å². The molecule has 0 bridgehead atoms. The first kappa shape index (κ1) is 7.08. The Kier molecular flexibility index (Phi) is 2.28. The minimum atomic E-state index is 0.104. The van der Waals surface area contributed by atoms with E-state index in [1.807, 2.05) is 0 Å². The molecule has 0 saturated heterocycles. The third kappa shape index (κ3) is 1.27. The lowest BCUT2D eigenvalue weighted by Crippen LogP contribution is -2.02. The van der Waals surface area contributed by atoms with Crippen LogP contribution in [0.2, 0.25) is 0 Å². The molecule has 1 aromatic rings. The number of aliphatic hydroxyl groups excluding tert-OH is 1. The second-order valence-electron chi connectivity index (χ2n) is 1.83. The standard InChI is InChI=1S/C6H10N2O2/c1-10-6-7-2-3-8(6)4-5-9/h2-3,9H,4-5H2,1H3. The number of nitrogens with zero attached hydrogens (tertiary/aromatic N) is 2. The van der Waals surface area contributed by atoms with E-state index in [-0.39, 0.29) is 6.61 Å². The Morgan fingerprint density at radius 2 is 2.60 bits per heavy atom. The van der Waals surface area contributed by atoms with Crippen LogP contribution in [-0.2, 0) is 6.54 Å². The van der Waals surface area contributed by atoms with Crippen LogP contribution in [0.25, 0.3) is 0 Å². The van der Waals surface area contributed by atoms with Gasteiger partial charge in [0.25, 0.3) is 6.01 Å². The molecule has 0 radical (unpaired) electrons. The molecular formula is C6H10N2O2. The molecule has 56 valence electrons. The number of ether oxygens (including phenoxy) is 1. The molecular weight excluding hydrogens is 132 g/mol. The Balaban J connectivity index is 2.70. The van der Waals surface area contributed by atoms with E-state index in [0.29, 0.717) is 12.6 Å². The van der Waals surface area contributed by atoms with Crippen LogP contribution in [0.1, 0.15) is 0 Å². The third-order valence-electron chi connectivity index (χ3n) is 1.20. The number of imidazole rings is 1. The van der Waals surface area contributed by atoms with E-state index in [4.69, 9.17) is 9.84 Å². The van der Waals surface area contributed by atoms with E-state index in [9.17, 15) is 0 Å². The van der Waals surface area contributed by atoms with Crippen molar-refractivity contribution < 1.29 is 9.84 Å². The summed E-state index contributed by atoms with van der Waals surface area (Å²) in [5.41, 5.74) is 0. The van der Waals surface area contributed by atoms with Gasteiger partial charge in [-0.05, 0) is 0 Å². The highest BCUT2D eigenvalue weighted by atomic mass is 16.5. The summed E-state index contributed by atoms with van der Waals surface area (Å²) < 4.78 is 6.61. The van der Waals surface area contributed by atoms with Crippen molar-refractivity contribution in [2.75, 3.05) is 13.7 Å². The van der Waals surface area contributed by atoms with Gasteiger partial charge in [0.1, 0.15) is 0 Å². The number of hydrogen-bond donors (Lipinski definition) is 1. The summed E-state index contributed by atoms with van der Waals surface area (Å²) in [6.45, 7) is 0.635. The molecule has 0 aliphatic heterocycles. The third-order valence-corrected chi connectivity index (χ3v) is 1.20. The lowest BCUT2D eigenvalue weighted by molar-refractivity contribution is 0.262. The van der Waals surface area contributed by atoms with Crippen molar-refractivity contribution in [3.63, 3.8) is 0 Å². The van der Waals surface area contributed by atoms with Gasteiger partial charge in [-0.25, -0.2) is 4.98 Å². The fraction of sp³-hybridized carbons (Fsp3) is 0.500. The predicted molar refractivity (Wildman–Crippen MR) is 35.9 cm³/mol. The molecule has 1 heterocycles. The van der Waals surface area contributed by atoms with Gasteiger partial charge in [-0.3, -0.25) is 4.57 Å². The Hall–Kier alpha value is -1.03. The summed E-state index contributed by atoms with van der Waals surface area (Å²) in [4.78, 5) is 3.88. The minimum Gasteiger partial charge on any atom is -0.468 e. The molecule has 1 N–H and O–H groups in total. The van der Waals surface area contributed by atoms with Crippen molar-refractivity contribution in [1.82, 2.24) is 9.55 Å². The molecule has 0 aromatic carbocycles. The van der Waals surface area contributed by atoms with Gasteiger partial charge >= 0.3 is 0 Å². The summed E-state index contributed by atoms with van der Waals surface area (Å²) in [6, 6.07) is 0.536. The fourth-order valence-electron chi connectivity index (χ4n) is 0.763. The summed E-state index contributed by atoms with van der Waals surface area (Å²) in [5, 5.41) is 8.55. The molecule has 0 amide bonds. The maximum atomic E-state index is 8.55. The van der Waals surface area contributed by atoms with E-state index in [2.05, 4.69) is 4.98 Å². The zero-order valence-electron chi connectivity index (χ0n) is 5.82. The monoisotopic (exact) mass is 142 g/mol. The maximum absolute atomic E-state index is 8.55. The highest BCUT2D eigenvalue weighted by Crippen LogP contribution is 2.04. The summed E-state index contributed by atoms with van der Waals surface area (Å²) in [5.74, 6) is 0. The Morgan fingerprint density at radius 1 is 1.80 bits per heavy atom. The van der Waals surface area contributed by atoms with Crippen LogP contribution in [0.4, 0.5) is 0 Å².